The molecule has 3 fully saturated rings. The van der Waals surface area contributed by atoms with Crippen molar-refractivity contribution in [2.24, 2.45) is 21.8 Å². The van der Waals surface area contributed by atoms with E-state index in [1.165, 1.54) is 46.2 Å². The van der Waals surface area contributed by atoms with Crippen molar-refractivity contribution in [3.8, 4) is 11.5 Å². The van der Waals surface area contributed by atoms with Crippen LogP contribution in [0, 0.1) is 11.8 Å². The van der Waals surface area contributed by atoms with Gasteiger partial charge in [0.05, 0.1) is 51.3 Å². The van der Waals surface area contributed by atoms with Crippen LogP contribution in [0.4, 0.5) is 9.59 Å². The van der Waals surface area contributed by atoms with E-state index in [2.05, 4.69) is 13.2 Å². The van der Waals surface area contributed by atoms with Crippen molar-refractivity contribution in [1.82, 2.24) is 9.80 Å². The van der Waals surface area contributed by atoms with Crippen molar-refractivity contribution in [1.29, 1.82) is 0 Å². The number of rotatable bonds is 16. The van der Waals surface area contributed by atoms with E-state index >= 15 is 0 Å². The molecule has 0 aromatic heterocycles. The number of amides is 2. The summed E-state index contributed by atoms with van der Waals surface area (Å²) in [6.07, 6.45) is 5.35. The van der Waals surface area contributed by atoms with Gasteiger partial charge in [-0.2, -0.15) is 0 Å². The summed E-state index contributed by atoms with van der Waals surface area (Å²) in [7, 11) is 6.53. The largest absolute Gasteiger partial charge is 0.497 e. The Morgan fingerprint density at radius 1 is 0.697 bits per heavy atom. The van der Waals surface area contributed by atoms with Crippen LogP contribution in [-0.4, -0.2) is 162 Å². The highest BCUT2D eigenvalue weighted by Crippen LogP contribution is 2.45. The Morgan fingerprint density at radius 3 is 1.54 bits per heavy atom. The zero-order chi connectivity index (χ0) is 56.0. The number of amidine groups is 2. The molecule has 5 heterocycles. The number of hydrogen-bond donors (Lipinski definition) is 1. The van der Waals surface area contributed by atoms with Crippen molar-refractivity contribution in [2.45, 2.75) is 165 Å². The molecule has 1 N–H and O–H groups in total. The van der Waals surface area contributed by atoms with Crippen LogP contribution in [0.25, 0.3) is 0 Å². The van der Waals surface area contributed by atoms with Crippen LogP contribution >= 0.6 is 23.5 Å². The Labute approximate surface area is 459 Å². The molecule has 0 spiro atoms. The fourth-order valence-electron chi connectivity index (χ4n) is 9.10. The average molecular weight is 1100 g/mol. The minimum atomic E-state index is -1.11. The summed E-state index contributed by atoms with van der Waals surface area (Å²) in [6.45, 7) is 26.9. The zero-order valence-electron chi connectivity index (χ0n) is 47.0. The van der Waals surface area contributed by atoms with Gasteiger partial charge in [-0.1, -0.05) is 73.8 Å². The van der Waals surface area contributed by atoms with Crippen LogP contribution in [-0.2, 0) is 50.8 Å². The Hall–Kier alpha value is -4.47. The first-order valence-electron chi connectivity index (χ1n) is 26.2. The lowest BCUT2D eigenvalue weighted by atomic mass is 9.79. The van der Waals surface area contributed by atoms with Gasteiger partial charge >= 0.3 is 12.2 Å². The summed E-state index contributed by atoms with van der Waals surface area (Å²) in [6, 6.07) is 14.9. The summed E-state index contributed by atoms with van der Waals surface area (Å²) in [4.78, 5) is 50.8. The Bertz CT molecular complexity index is 2270. The lowest BCUT2D eigenvalue weighted by molar-refractivity contribution is -0.195. The smallest absolute Gasteiger partial charge is 0.416 e. The van der Waals surface area contributed by atoms with Crippen LogP contribution in [0.1, 0.15) is 99.1 Å². The normalized spacial score (nSPS) is 26.5. The van der Waals surface area contributed by atoms with Gasteiger partial charge in [-0.3, -0.25) is 24.6 Å². The quantitative estimate of drug-likeness (QED) is 0.157. The molecule has 11 atom stereocenters. The van der Waals surface area contributed by atoms with Crippen molar-refractivity contribution >= 4 is 51.8 Å². The molecule has 2 aromatic carbocycles. The van der Waals surface area contributed by atoms with E-state index in [-0.39, 0.29) is 41.9 Å². The van der Waals surface area contributed by atoms with Gasteiger partial charge in [0, 0.05) is 45.6 Å². The van der Waals surface area contributed by atoms with E-state index < -0.39 is 52.1 Å². The van der Waals surface area contributed by atoms with Crippen molar-refractivity contribution < 1.29 is 62.1 Å². The lowest BCUT2D eigenvalue weighted by Gasteiger charge is -2.47. The molecule has 0 radical (unpaired) electrons. The lowest BCUT2D eigenvalue weighted by Crippen LogP contribution is -2.59. The number of nitrogens with zero attached hydrogens (tertiary/aromatic N) is 4. The van der Waals surface area contributed by atoms with Gasteiger partial charge < -0.3 is 47.7 Å². The van der Waals surface area contributed by atoms with Gasteiger partial charge in [-0.25, -0.2) is 9.59 Å². The molecule has 17 nitrogen and oxygen atoms in total. The zero-order valence-corrected chi connectivity index (χ0v) is 48.6. The summed E-state index contributed by atoms with van der Waals surface area (Å²) < 4.78 is 51.3. The third-order valence-electron chi connectivity index (χ3n) is 13.1. The number of carbonyl (C=O) groups is 3. The molecule has 19 heteroatoms. The minimum Gasteiger partial charge on any atom is -0.497 e. The number of carbonyl (C=O) groups excluding carboxylic acids is 3. The van der Waals surface area contributed by atoms with Crippen molar-refractivity contribution in [2.75, 3.05) is 54.7 Å². The number of hydrogen-bond acceptors (Lipinski definition) is 17. The fourth-order valence-corrected chi connectivity index (χ4v) is 11.4. The molecular weight excluding hydrogens is 1010 g/mol. The maximum Gasteiger partial charge on any atom is 0.416 e. The van der Waals surface area contributed by atoms with E-state index in [0.29, 0.717) is 49.2 Å². The van der Waals surface area contributed by atoms with Crippen molar-refractivity contribution in [3.05, 3.63) is 85.0 Å². The Balaban J connectivity index is 0.000000256. The SMILES string of the molecule is C1CCOC1.C=CCO[C@H]1[C@H](C)[C@@H](C(=O)CCc2ccc(OC)cc2)O[C@@H]2SC(N(C)C(=O)OC(C)(C)C)=N[C@H]12.C=CCO[C@H]1[C@H](C)[C@@H](C(C)(O)CCc2ccc(OC)cc2)O[C@@H]2SC(N(C)C(=O)OC(C)(C)C)=N[C@H]12. The number of methoxy groups -OCH3 is 2. The number of thioether (sulfide) groups is 2. The molecule has 0 bridgehead atoms. The second-order valence-electron chi connectivity index (χ2n) is 21.7. The minimum absolute atomic E-state index is 0.0218. The fraction of sp³-hybridized carbons (Fsp3) is 0.632. The molecule has 0 saturated carbocycles. The first kappa shape index (κ1) is 62.4. The van der Waals surface area contributed by atoms with E-state index in [1.54, 1.807) is 40.5 Å². The standard InChI is InChI=1S/C27H40N2O6S.C26H36N2O6S.C4H8O/c1-9-16-33-21-17(2)22(27(6,31)15-14-18-10-12-19(32-8)13-11-18)34-23-20(21)28-24(36-23)29(7)25(30)35-26(3,4)5;1-8-15-32-22-16(2)21(19(29)14-11-17-9-12-18(31-7)13-10-17)33-23-20(22)27-24(35-23)28(6)25(30)34-26(3,4)5;1-2-4-5-3-1/h9-13,17,20-23,31H,1,14-16H2,2-8H3;8-10,12-13,16,20-23H,1,11,14-15H2,2-7H3;1-4H2/t17-,20+,21-,22-,23+,27?;16-,20-,21+,22+,23-;/m01./s1. The third-order valence-corrected chi connectivity index (χ3v) is 15.5. The van der Waals surface area contributed by atoms with Crippen LogP contribution in [0.5, 0.6) is 11.5 Å². The topological polar surface area (TPSA) is 186 Å². The van der Waals surface area contributed by atoms with Gasteiger partial charge in [0.2, 0.25) is 0 Å². The molecule has 0 aliphatic carbocycles. The van der Waals surface area contributed by atoms with Crippen LogP contribution in [0.3, 0.4) is 0 Å². The Morgan fingerprint density at radius 2 is 1.13 bits per heavy atom. The molecule has 1 unspecified atom stereocenters. The number of benzene rings is 2. The average Bonchev–Trinajstić information content (AvgIpc) is 4.19. The predicted molar refractivity (Wildman–Crippen MR) is 299 cm³/mol. The number of Topliss-reactive ketones (excluding diaryl/α,β-unsaturated/α-hetero) is 1. The van der Waals surface area contributed by atoms with Gasteiger partial charge in [0.1, 0.15) is 51.8 Å². The molecule has 76 heavy (non-hydrogen) atoms. The molecule has 5 aliphatic rings. The maximum atomic E-state index is 13.2. The van der Waals surface area contributed by atoms with E-state index in [4.69, 9.17) is 52.6 Å². The number of fused-ring (bicyclic) bond motifs is 2. The second kappa shape index (κ2) is 28.4. The van der Waals surface area contributed by atoms with Gasteiger partial charge in [0.15, 0.2) is 16.1 Å². The second-order valence-corrected chi connectivity index (χ2v) is 23.8. The van der Waals surface area contributed by atoms with Crippen molar-refractivity contribution in [3.63, 3.8) is 0 Å². The number of aryl methyl sites for hydroxylation is 2. The first-order chi connectivity index (χ1) is 35.9. The summed E-state index contributed by atoms with van der Waals surface area (Å²) in [5, 5.41) is 12.6. The van der Waals surface area contributed by atoms with E-state index in [0.717, 1.165) is 35.8 Å². The monoisotopic (exact) mass is 1100 g/mol. The maximum absolute atomic E-state index is 13.2. The number of aliphatic hydroxyl groups is 1. The first-order valence-corrected chi connectivity index (χ1v) is 27.9. The highest BCUT2D eigenvalue weighted by atomic mass is 32.2. The number of ether oxygens (including phenoxy) is 9. The highest BCUT2D eigenvalue weighted by Gasteiger charge is 2.54. The summed E-state index contributed by atoms with van der Waals surface area (Å²) in [5.74, 6) is 1.24. The molecule has 3 saturated heterocycles. The molecular formula is C57H84N4O13S2. The van der Waals surface area contributed by atoms with Crippen LogP contribution < -0.4 is 9.47 Å². The Kier molecular flexibility index (Phi) is 23.3. The van der Waals surface area contributed by atoms with Gasteiger partial charge in [-0.05, 0) is 116 Å². The molecule has 5 aliphatic heterocycles. The van der Waals surface area contributed by atoms with Crippen LogP contribution in [0.15, 0.2) is 83.8 Å². The molecule has 7 rings (SSSR count). The van der Waals surface area contributed by atoms with Gasteiger partial charge in [0.25, 0.3) is 0 Å². The molecule has 2 aromatic rings. The van der Waals surface area contributed by atoms with Gasteiger partial charge in [-0.15, -0.1) is 13.2 Å². The number of ketones is 1. The highest BCUT2D eigenvalue weighted by molar-refractivity contribution is 8.14. The molecule has 2 amide bonds. The number of aliphatic imine (C=N–C) groups is 2. The third kappa shape index (κ3) is 17.8. The summed E-state index contributed by atoms with van der Waals surface area (Å²) in [5.41, 5.74) is -1.01. The summed E-state index contributed by atoms with van der Waals surface area (Å²) >= 11 is 2.67. The predicted octanol–water partition coefficient (Wildman–Crippen LogP) is 9.91. The van der Waals surface area contributed by atoms with Crippen LogP contribution in [0.2, 0.25) is 0 Å². The van der Waals surface area contributed by atoms with E-state index in [1.807, 2.05) is 111 Å². The molecule has 422 valence electrons. The van der Waals surface area contributed by atoms with E-state index in [9.17, 15) is 19.5 Å².